The third-order valence-corrected chi connectivity index (χ3v) is 7.41. The summed E-state index contributed by atoms with van der Waals surface area (Å²) in [5, 5.41) is 13.6. The smallest absolute Gasteiger partial charge is 0.283 e. The van der Waals surface area contributed by atoms with E-state index in [9.17, 15) is 13.2 Å². The van der Waals surface area contributed by atoms with E-state index in [4.69, 9.17) is 21.7 Å². The topological polar surface area (TPSA) is 112 Å². The zero-order valence-corrected chi connectivity index (χ0v) is 19.4. The Morgan fingerprint density at radius 3 is 2.59 bits per heavy atom. The van der Waals surface area contributed by atoms with Crippen LogP contribution < -0.4 is 4.74 Å². The first-order valence-corrected chi connectivity index (χ1v) is 12.4. The van der Waals surface area contributed by atoms with Gasteiger partial charge in [0.05, 0.1) is 10.6 Å². The van der Waals surface area contributed by atoms with Crippen molar-refractivity contribution < 1.29 is 17.9 Å². The zero-order chi connectivity index (χ0) is 23.0. The van der Waals surface area contributed by atoms with E-state index in [1.807, 2.05) is 31.2 Å². The Kier molecular flexibility index (Phi) is 5.93. The largest absolute Gasteiger partial charge is 0.487 e. The van der Waals surface area contributed by atoms with Gasteiger partial charge in [-0.15, -0.1) is 5.10 Å². The number of aryl methyl sites for hydroxylation is 1. The van der Waals surface area contributed by atoms with Crippen LogP contribution in [0.25, 0.3) is 6.08 Å². The zero-order valence-electron chi connectivity index (χ0n) is 17.0. The van der Waals surface area contributed by atoms with E-state index in [0.717, 1.165) is 34.2 Å². The number of thioether (sulfide) groups is 1. The molecule has 11 heteroatoms. The molecule has 2 aliphatic heterocycles. The molecule has 0 bridgehead atoms. The first-order chi connectivity index (χ1) is 15.1. The van der Waals surface area contributed by atoms with Crippen molar-refractivity contribution in [3.05, 3.63) is 69.8 Å². The van der Waals surface area contributed by atoms with Gasteiger partial charge in [-0.05, 0) is 48.0 Å². The Bertz CT molecular complexity index is 1330. The maximum absolute atomic E-state index is 12.4. The van der Waals surface area contributed by atoms with Crippen molar-refractivity contribution in [1.29, 1.82) is 5.41 Å². The predicted molar refractivity (Wildman–Crippen MR) is 127 cm³/mol. The van der Waals surface area contributed by atoms with Gasteiger partial charge in [-0.25, -0.2) is 8.42 Å². The number of hydrazone groups is 1. The second kappa shape index (κ2) is 8.53. The molecule has 1 amide bonds. The van der Waals surface area contributed by atoms with Crippen LogP contribution >= 0.6 is 23.4 Å². The molecule has 8 nitrogen and oxygen atoms in total. The summed E-state index contributed by atoms with van der Waals surface area (Å²) in [5.41, 5.74) is 2.69. The van der Waals surface area contributed by atoms with E-state index >= 15 is 0 Å². The minimum Gasteiger partial charge on any atom is -0.487 e. The monoisotopic (exact) mass is 488 g/mol. The molecule has 1 N–H and O–H groups in total. The summed E-state index contributed by atoms with van der Waals surface area (Å²) < 4.78 is 29.0. The van der Waals surface area contributed by atoms with Crippen LogP contribution in [0, 0.1) is 12.3 Å². The number of amides is 1. The van der Waals surface area contributed by atoms with Gasteiger partial charge in [-0.1, -0.05) is 47.5 Å². The first kappa shape index (κ1) is 22.3. The lowest BCUT2D eigenvalue weighted by Crippen LogP contribution is -2.35. The molecule has 2 aliphatic rings. The molecule has 0 aliphatic carbocycles. The number of nitrogens with one attached hydrogen (secondary N) is 1. The van der Waals surface area contributed by atoms with Crippen LogP contribution in [0.1, 0.15) is 16.7 Å². The predicted octanol–water partition coefficient (Wildman–Crippen LogP) is 3.85. The van der Waals surface area contributed by atoms with Crippen LogP contribution in [0.4, 0.5) is 0 Å². The van der Waals surface area contributed by atoms with Gasteiger partial charge in [0.15, 0.2) is 5.84 Å². The van der Waals surface area contributed by atoms with Gasteiger partial charge in [0.25, 0.3) is 5.91 Å². The van der Waals surface area contributed by atoms with Gasteiger partial charge < -0.3 is 4.74 Å². The summed E-state index contributed by atoms with van der Waals surface area (Å²) in [7, 11) is -3.58. The van der Waals surface area contributed by atoms with Crippen molar-refractivity contribution in [3.8, 4) is 5.75 Å². The van der Waals surface area contributed by atoms with Crippen molar-refractivity contribution in [2.24, 2.45) is 10.1 Å². The van der Waals surface area contributed by atoms with Crippen molar-refractivity contribution in [3.63, 3.8) is 0 Å². The van der Waals surface area contributed by atoms with E-state index in [0.29, 0.717) is 22.9 Å². The number of hydrogen-bond acceptors (Lipinski definition) is 7. The minimum atomic E-state index is -3.58. The molecular formula is C21H17ClN4O4S2. The molecule has 0 saturated heterocycles. The second-order valence-corrected chi connectivity index (χ2v) is 10.7. The van der Waals surface area contributed by atoms with Crippen LogP contribution in [0.15, 0.2) is 58.1 Å². The number of halogens is 1. The fraction of sp³-hybridized carbons (Fsp3) is 0.143. The summed E-state index contributed by atoms with van der Waals surface area (Å²) >= 11 is 7.08. The number of hydrogen-bond donors (Lipinski definition) is 1. The van der Waals surface area contributed by atoms with E-state index in [1.54, 1.807) is 18.2 Å². The molecule has 2 aromatic rings. The van der Waals surface area contributed by atoms with Crippen LogP contribution in [0.3, 0.4) is 0 Å². The Morgan fingerprint density at radius 1 is 1.22 bits per heavy atom. The number of benzene rings is 2. The maximum Gasteiger partial charge on any atom is 0.283 e. The molecule has 4 rings (SSSR count). The minimum absolute atomic E-state index is 0.0303. The van der Waals surface area contributed by atoms with Crippen molar-refractivity contribution in [1.82, 2.24) is 5.01 Å². The van der Waals surface area contributed by atoms with Gasteiger partial charge in [0.2, 0.25) is 19.4 Å². The van der Waals surface area contributed by atoms with Crippen LogP contribution in [-0.4, -0.2) is 41.0 Å². The van der Waals surface area contributed by atoms with Crippen LogP contribution in [0.5, 0.6) is 5.75 Å². The lowest BCUT2D eigenvalue weighted by atomic mass is 10.1. The normalized spacial score (nSPS) is 17.3. The fourth-order valence-electron chi connectivity index (χ4n) is 2.86. The van der Waals surface area contributed by atoms with E-state index in [1.165, 1.54) is 6.08 Å². The fourth-order valence-corrected chi connectivity index (χ4v) is 4.79. The number of fused-ring (bicyclic) bond motifs is 1. The molecule has 0 radical (unpaired) electrons. The highest BCUT2D eigenvalue weighted by Crippen LogP contribution is 2.31. The maximum atomic E-state index is 12.4. The quantitative estimate of drug-likeness (QED) is 0.654. The van der Waals surface area contributed by atoms with Gasteiger partial charge in [-0.3, -0.25) is 10.2 Å². The molecule has 0 atom stereocenters. The Labute approximate surface area is 194 Å². The summed E-state index contributed by atoms with van der Waals surface area (Å²) in [6, 6.07) is 13.0. The molecule has 0 unspecified atom stereocenters. The van der Waals surface area contributed by atoms with E-state index in [-0.39, 0.29) is 21.0 Å². The van der Waals surface area contributed by atoms with Gasteiger partial charge in [0.1, 0.15) is 12.4 Å². The Morgan fingerprint density at radius 2 is 1.94 bits per heavy atom. The molecule has 0 saturated carbocycles. The molecular weight excluding hydrogens is 472 g/mol. The van der Waals surface area contributed by atoms with E-state index < -0.39 is 15.7 Å². The SMILES string of the molecule is Cc1ccc(COc2ccc(/C=C3\C(=N)N4N=C(S(C)(=O)=O)SC4=NC3=O)cc2Cl)cc1. The molecule has 0 spiro atoms. The van der Waals surface area contributed by atoms with Gasteiger partial charge >= 0.3 is 0 Å². The number of aliphatic imine (C=N–C) groups is 1. The van der Waals surface area contributed by atoms with Crippen molar-refractivity contribution in [2.45, 2.75) is 13.5 Å². The number of sulfone groups is 1. The second-order valence-electron chi connectivity index (χ2n) is 7.12. The molecule has 0 aromatic heterocycles. The number of rotatable bonds is 4. The summed E-state index contributed by atoms with van der Waals surface area (Å²) in [6.07, 6.45) is 2.46. The average molecular weight is 489 g/mol. The lowest BCUT2D eigenvalue weighted by Gasteiger charge is -2.20. The average Bonchev–Trinajstić information content (AvgIpc) is 3.16. The standard InChI is InChI=1S/C21H17ClN4O4S2/c1-12-3-5-13(6-4-12)11-30-17-8-7-14(10-16(17)22)9-15-18(23)26-20(24-19(15)27)31-21(25-26)32(2,28)29/h3-10,23H,11H2,1-2H3/b15-9+,23-18?. The molecule has 2 heterocycles. The van der Waals surface area contributed by atoms with Crippen molar-refractivity contribution in [2.75, 3.05) is 6.26 Å². The van der Waals surface area contributed by atoms with Crippen LogP contribution in [-0.2, 0) is 21.2 Å². The highest BCUT2D eigenvalue weighted by Gasteiger charge is 2.38. The third kappa shape index (κ3) is 4.62. The third-order valence-electron chi connectivity index (χ3n) is 4.54. The first-order valence-electron chi connectivity index (χ1n) is 9.30. The highest BCUT2D eigenvalue weighted by molar-refractivity contribution is 8.42. The lowest BCUT2D eigenvalue weighted by molar-refractivity contribution is -0.114. The number of nitrogens with zero attached hydrogens (tertiary/aromatic N) is 3. The number of ether oxygens (including phenoxy) is 1. The highest BCUT2D eigenvalue weighted by atomic mass is 35.5. The van der Waals surface area contributed by atoms with Crippen molar-refractivity contribution >= 4 is 60.6 Å². The Hall–Kier alpha value is -2.95. The summed E-state index contributed by atoms with van der Waals surface area (Å²) in [5.74, 6) is -0.436. The van der Waals surface area contributed by atoms with E-state index in [2.05, 4.69) is 10.1 Å². The summed E-state index contributed by atoms with van der Waals surface area (Å²) in [4.78, 5) is 16.3. The molecule has 2 aromatic carbocycles. The summed E-state index contributed by atoms with van der Waals surface area (Å²) in [6.45, 7) is 2.37. The molecule has 164 valence electrons. The molecule has 0 fully saturated rings. The van der Waals surface area contributed by atoms with Crippen LogP contribution in [0.2, 0.25) is 5.02 Å². The molecule has 32 heavy (non-hydrogen) atoms. The number of amidine groups is 2. The number of carbonyl (C=O) groups excluding carboxylic acids is 1. The van der Waals surface area contributed by atoms with Gasteiger partial charge in [-0.2, -0.15) is 10.0 Å². The van der Waals surface area contributed by atoms with Gasteiger partial charge in [0, 0.05) is 6.26 Å². The Balaban J connectivity index is 1.54. The number of carbonyl (C=O) groups is 1.